The van der Waals surface area contributed by atoms with Crippen LogP contribution in [0, 0.1) is 0 Å². The fourth-order valence-electron chi connectivity index (χ4n) is 2.93. The molecule has 0 aromatic heterocycles. The van der Waals surface area contributed by atoms with Gasteiger partial charge in [0, 0.05) is 12.5 Å². The van der Waals surface area contributed by atoms with E-state index in [4.69, 9.17) is 4.74 Å². The highest BCUT2D eigenvalue weighted by Gasteiger charge is 2.06. The summed E-state index contributed by atoms with van der Waals surface area (Å²) in [5.74, 6) is -0.0306. The van der Waals surface area contributed by atoms with Gasteiger partial charge in [0.2, 0.25) is 0 Å². The van der Waals surface area contributed by atoms with E-state index in [1.54, 1.807) is 0 Å². The molecular formula is C22H43NO2. The monoisotopic (exact) mass is 353 g/mol. The maximum Gasteiger partial charge on any atom is 0.305 e. The zero-order chi connectivity index (χ0) is 18.6. The summed E-state index contributed by atoms with van der Waals surface area (Å²) in [7, 11) is 1.96. The first kappa shape index (κ1) is 24.2. The van der Waals surface area contributed by atoms with E-state index in [0.717, 1.165) is 25.7 Å². The molecule has 0 aromatic rings. The lowest BCUT2D eigenvalue weighted by Gasteiger charge is -2.13. The Bertz CT molecular complexity index is 311. The quantitative estimate of drug-likeness (QED) is 0.182. The topological polar surface area (TPSA) is 38.3 Å². The smallest absolute Gasteiger partial charge is 0.305 e. The summed E-state index contributed by atoms with van der Waals surface area (Å²) in [6.45, 7) is 4.95. The van der Waals surface area contributed by atoms with E-state index in [-0.39, 0.29) is 5.97 Å². The van der Waals surface area contributed by atoms with Crippen molar-refractivity contribution in [2.45, 2.75) is 110 Å². The molecule has 0 radical (unpaired) electrons. The van der Waals surface area contributed by atoms with Crippen molar-refractivity contribution < 1.29 is 9.53 Å². The summed E-state index contributed by atoms with van der Waals surface area (Å²) in [5, 5.41) is 3.23. The van der Waals surface area contributed by atoms with Crippen LogP contribution in [0.25, 0.3) is 0 Å². The minimum Gasteiger partial charge on any atom is -0.466 e. The average molecular weight is 354 g/mol. The summed E-state index contributed by atoms with van der Waals surface area (Å²) in [6.07, 6.45) is 21.0. The van der Waals surface area contributed by atoms with Crippen molar-refractivity contribution in [2.75, 3.05) is 13.7 Å². The Labute approximate surface area is 157 Å². The lowest BCUT2D eigenvalue weighted by Crippen LogP contribution is -2.26. The molecule has 0 heterocycles. The van der Waals surface area contributed by atoms with Gasteiger partial charge < -0.3 is 10.1 Å². The van der Waals surface area contributed by atoms with Crippen LogP contribution in [0.5, 0.6) is 0 Å². The molecule has 148 valence electrons. The summed E-state index contributed by atoms with van der Waals surface area (Å²) in [5.41, 5.74) is 0. The van der Waals surface area contributed by atoms with Crippen molar-refractivity contribution in [3.63, 3.8) is 0 Å². The molecule has 1 N–H and O–H groups in total. The van der Waals surface area contributed by atoms with Crippen LogP contribution in [-0.4, -0.2) is 25.7 Å². The molecule has 3 nitrogen and oxygen atoms in total. The van der Waals surface area contributed by atoms with Crippen LogP contribution in [0.4, 0.5) is 0 Å². The second-order valence-corrected chi connectivity index (χ2v) is 7.03. The average Bonchev–Trinajstić information content (AvgIpc) is 2.62. The van der Waals surface area contributed by atoms with Gasteiger partial charge in [0.05, 0.1) is 6.61 Å². The Morgan fingerprint density at radius 3 is 2.12 bits per heavy atom. The van der Waals surface area contributed by atoms with Crippen LogP contribution in [0.2, 0.25) is 0 Å². The molecule has 1 unspecified atom stereocenters. The number of hydrogen-bond acceptors (Lipinski definition) is 3. The van der Waals surface area contributed by atoms with Crippen molar-refractivity contribution in [1.82, 2.24) is 5.32 Å². The molecule has 0 rings (SSSR count). The maximum atomic E-state index is 11.7. The summed E-state index contributed by atoms with van der Waals surface area (Å²) in [4.78, 5) is 11.7. The fraction of sp³-hybridized carbons (Fsp3) is 0.864. The van der Waals surface area contributed by atoms with E-state index in [9.17, 15) is 4.79 Å². The lowest BCUT2D eigenvalue weighted by molar-refractivity contribution is -0.144. The molecule has 0 amide bonds. The molecule has 0 aliphatic carbocycles. The van der Waals surface area contributed by atoms with Crippen LogP contribution in [0.15, 0.2) is 12.2 Å². The van der Waals surface area contributed by atoms with Crippen LogP contribution < -0.4 is 5.32 Å². The second-order valence-electron chi connectivity index (χ2n) is 7.03. The first-order valence-corrected chi connectivity index (χ1v) is 10.7. The number of allylic oxidation sites excluding steroid dienone is 2. The van der Waals surface area contributed by atoms with Gasteiger partial charge in [-0.15, -0.1) is 0 Å². The summed E-state index contributed by atoms with van der Waals surface area (Å²) < 4.78 is 5.30. The standard InChI is InChI=1S/C22H43NO2/c1-4-6-7-8-9-10-11-12-13-14-15-16-17-18-22(24)25-20-19-21(5-2)23-3/h10-11,21,23H,4-9,12-20H2,1-3H3/b11-10+. The van der Waals surface area contributed by atoms with Gasteiger partial charge in [0.1, 0.15) is 0 Å². The number of esters is 1. The highest BCUT2D eigenvalue weighted by Crippen LogP contribution is 2.09. The van der Waals surface area contributed by atoms with Gasteiger partial charge in [0.25, 0.3) is 0 Å². The highest BCUT2D eigenvalue weighted by molar-refractivity contribution is 5.69. The van der Waals surface area contributed by atoms with Crippen LogP contribution in [0.3, 0.4) is 0 Å². The van der Waals surface area contributed by atoms with Gasteiger partial charge >= 0.3 is 5.97 Å². The minimum absolute atomic E-state index is 0.0306. The third-order valence-electron chi connectivity index (χ3n) is 4.77. The molecule has 0 saturated heterocycles. The fourth-order valence-corrected chi connectivity index (χ4v) is 2.93. The molecule has 0 aromatic carbocycles. The summed E-state index contributed by atoms with van der Waals surface area (Å²) in [6, 6.07) is 0.457. The van der Waals surface area contributed by atoms with E-state index in [2.05, 4.69) is 31.3 Å². The molecule has 0 saturated carbocycles. The number of carbonyl (C=O) groups excluding carboxylic acids is 1. The van der Waals surface area contributed by atoms with Crippen molar-refractivity contribution in [1.29, 1.82) is 0 Å². The third kappa shape index (κ3) is 17.8. The highest BCUT2D eigenvalue weighted by atomic mass is 16.5. The zero-order valence-corrected chi connectivity index (χ0v) is 17.2. The number of hydrogen-bond donors (Lipinski definition) is 1. The van der Waals surface area contributed by atoms with Gasteiger partial charge in [-0.05, 0) is 52.0 Å². The lowest BCUT2D eigenvalue weighted by atomic mass is 10.1. The molecule has 3 heteroatoms. The number of ether oxygens (including phenoxy) is 1. The summed E-state index contributed by atoms with van der Waals surface area (Å²) >= 11 is 0. The Hall–Kier alpha value is -0.830. The van der Waals surface area contributed by atoms with Gasteiger partial charge in [-0.1, -0.05) is 64.5 Å². The number of nitrogens with one attached hydrogen (secondary N) is 1. The molecule has 25 heavy (non-hydrogen) atoms. The van der Waals surface area contributed by atoms with Crippen molar-refractivity contribution in [3.05, 3.63) is 12.2 Å². The third-order valence-corrected chi connectivity index (χ3v) is 4.77. The van der Waals surface area contributed by atoms with E-state index in [1.807, 2.05) is 7.05 Å². The number of carbonyl (C=O) groups is 1. The van der Waals surface area contributed by atoms with Gasteiger partial charge in [-0.2, -0.15) is 0 Å². The molecule has 1 atom stereocenters. The molecular weight excluding hydrogens is 310 g/mol. The van der Waals surface area contributed by atoms with Gasteiger partial charge in [0.15, 0.2) is 0 Å². The number of unbranched alkanes of at least 4 members (excludes halogenated alkanes) is 9. The Morgan fingerprint density at radius 1 is 0.920 bits per heavy atom. The molecule has 0 fully saturated rings. The van der Waals surface area contributed by atoms with Crippen molar-refractivity contribution in [2.24, 2.45) is 0 Å². The Balaban J connectivity index is 3.29. The SMILES string of the molecule is CCCCCC/C=C/CCCCCCCC(=O)OCCC(CC)NC. The van der Waals surface area contributed by atoms with E-state index < -0.39 is 0 Å². The van der Waals surface area contributed by atoms with E-state index in [1.165, 1.54) is 57.8 Å². The number of rotatable bonds is 18. The molecule has 0 aliphatic heterocycles. The van der Waals surface area contributed by atoms with Crippen LogP contribution in [0.1, 0.15) is 104 Å². The zero-order valence-electron chi connectivity index (χ0n) is 17.2. The molecule has 0 aliphatic rings. The predicted molar refractivity (Wildman–Crippen MR) is 109 cm³/mol. The molecule has 0 bridgehead atoms. The van der Waals surface area contributed by atoms with Gasteiger partial charge in [-0.25, -0.2) is 0 Å². The Kier molecular flexibility index (Phi) is 18.8. The second kappa shape index (κ2) is 19.5. The Morgan fingerprint density at radius 2 is 1.52 bits per heavy atom. The molecule has 0 spiro atoms. The van der Waals surface area contributed by atoms with Crippen LogP contribution >= 0.6 is 0 Å². The van der Waals surface area contributed by atoms with Crippen molar-refractivity contribution >= 4 is 5.97 Å². The maximum absolute atomic E-state index is 11.7. The van der Waals surface area contributed by atoms with E-state index in [0.29, 0.717) is 19.1 Å². The van der Waals surface area contributed by atoms with E-state index >= 15 is 0 Å². The minimum atomic E-state index is -0.0306. The first-order valence-electron chi connectivity index (χ1n) is 10.7. The predicted octanol–water partition coefficient (Wildman–Crippen LogP) is 6.18. The van der Waals surface area contributed by atoms with Gasteiger partial charge in [-0.3, -0.25) is 4.79 Å². The largest absolute Gasteiger partial charge is 0.466 e. The van der Waals surface area contributed by atoms with Crippen LogP contribution in [-0.2, 0) is 9.53 Å². The first-order chi connectivity index (χ1) is 12.2. The normalized spacial score (nSPS) is 12.6. The van der Waals surface area contributed by atoms with Crippen molar-refractivity contribution in [3.8, 4) is 0 Å².